The molecule has 0 N–H and O–H groups in total. The maximum Gasteiger partial charge on any atom is 0.175 e. The number of hydrogen-bond donors (Lipinski definition) is 0. The Hall–Kier alpha value is -1.25. The minimum atomic E-state index is -0.131. The van der Waals surface area contributed by atoms with Gasteiger partial charge in [0.05, 0.1) is 5.25 Å². The molecular weight excluding hydrogens is 288 g/mol. The third-order valence-electron chi connectivity index (χ3n) is 3.13. The van der Waals surface area contributed by atoms with Crippen LogP contribution in [0.5, 0.6) is 0 Å². The van der Waals surface area contributed by atoms with Crippen LogP contribution < -0.4 is 0 Å². The summed E-state index contributed by atoms with van der Waals surface area (Å²) in [6, 6.07) is 13.4. The molecule has 0 saturated carbocycles. The molecule has 3 heteroatoms. The van der Waals surface area contributed by atoms with E-state index in [2.05, 4.69) is 32.0 Å². The van der Waals surface area contributed by atoms with Gasteiger partial charge in [-0.05, 0) is 44.5 Å². The maximum atomic E-state index is 12.4. The van der Waals surface area contributed by atoms with E-state index in [9.17, 15) is 4.79 Å². The van der Waals surface area contributed by atoms with Crippen LogP contribution >= 0.6 is 23.4 Å². The summed E-state index contributed by atoms with van der Waals surface area (Å²) < 4.78 is 0. The summed E-state index contributed by atoms with van der Waals surface area (Å²) in [5.74, 6) is 0.110. The summed E-state index contributed by atoms with van der Waals surface area (Å²) in [5, 5.41) is 0.466. The van der Waals surface area contributed by atoms with Crippen molar-refractivity contribution in [3.8, 4) is 0 Å². The second-order valence-electron chi connectivity index (χ2n) is 4.90. The Kier molecular flexibility index (Phi) is 4.90. The number of halogens is 1. The molecule has 0 aliphatic heterocycles. The van der Waals surface area contributed by atoms with Crippen LogP contribution in [0.15, 0.2) is 47.4 Å². The first-order valence-electron chi connectivity index (χ1n) is 6.51. The molecule has 0 fully saturated rings. The van der Waals surface area contributed by atoms with Crippen LogP contribution in [-0.4, -0.2) is 11.0 Å². The summed E-state index contributed by atoms with van der Waals surface area (Å²) in [5.41, 5.74) is 3.08. The first-order valence-corrected chi connectivity index (χ1v) is 7.77. The van der Waals surface area contributed by atoms with Crippen LogP contribution in [0.1, 0.15) is 28.4 Å². The molecule has 0 saturated heterocycles. The fraction of sp³-hybridized carbons (Fsp3) is 0.235. The highest BCUT2D eigenvalue weighted by molar-refractivity contribution is 8.00. The molecule has 0 heterocycles. The number of carbonyl (C=O) groups is 1. The van der Waals surface area contributed by atoms with Crippen LogP contribution in [0.2, 0.25) is 5.02 Å². The Balaban J connectivity index is 2.17. The van der Waals surface area contributed by atoms with Gasteiger partial charge in [-0.15, -0.1) is 11.8 Å². The number of rotatable bonds is 4. The Labute approximate surface area is 129 Å². The number of hydrogen-bond acceptors (Lipinski definition) is 2. The number of carbonyl (C=O) groups excluding carboxylic acids is 1. The number of aryl methyl sites for hydroxylation is 2. The standard InChI is InChI=1S/C17H17ClOS/c1-11-7-8-12(2)16(9-11)20-13(3)17(19)14-5-4-6-15(18)10-14/h4-10,13H,1-3H3. The average Bonchev–Trinajstić information content (AvgIpc) is 2.42. The largest absolute Gasteiger partial charge is 0.293 e. The monoisotopic (exact) mass is 304 g/mol. The van der Waals surface area contributed by atoms with Crippen molar-refractivity contribution in [2.75, 3.05) is 0 Å². The molecule has 0 aliphatic rings. The zero-order valence-electron chi connectivity index (χ0n) is 11.8. The first-order chi connectivity index (χ1) is 9.47. The van der Waals surface area contributed by atoms with E-state index >= 15 is 0 Å². The number of Topliss-reactive ketones (excluding diaryl/α,β-unsaturated/α-hetero) is 1. The fourth-order valence-electron chi connectivity index (χ4n) is 1.95. The summed E-state index contributed by atoms with van der Waals surface area (Å²) in [4.78, 5) is 13.6. The van der Waals surface area contributed by atoms with E-state index in [0.29, 0.717) is 10.6 Å². The molecule has 0 radical (unpaired) electrons. The summed E-state index contributed by atoms with van der Waals surface area (Å²) in [6.07, 6.45) is 0. The molecule has 1 nitrogen and oxygen atoms in total. The third kappa shape index (κ3) is 3.65. The SMILES string of the molecule is Cc1ccc(C)c(SC(C)C(=O)c2cccc(Cl)c2)c1. The van der Waals surface area contributed by atoms with Gasteiger partial charge in [0, 0.05) is 15.5 Å². The quantitative estimate of drug-likeness (QED) is 0.561. The number of ketones is 1. The van der Waals surface area contributed by atoms with Crippen LogP contribution in [0, 0.1) is 13.8 Å². The molecular formula is C17H17ClOS. The van der Waals surface area contributed by atoms with Gasteiger partial charge in [-0.25, -0.2) is 0 Å². The van der Waals surface area contributed by atoms with E-state index in [1.165, 1.54) is 11.1 Å². The molecule has 104 valence electrons. The van der Waals surface area contributed by atoms with Crippen LogP contribution in [-0.2, 0) is 0 Å². The van der Waals surface area contributed by atoms with Gasteiger partial charge in [0.25, 0.3) is 0 Å². The van der Waals surface area contributed by atoms with Gasteiger partial charge in [0.2, 0.25) is 0 Å². The Morgan fingerprint density at radius 3 is 2.60 bits per heavy atom. The van der Waals surface area contributed by atoms with Crippen molar-refractivity contribution in [1.29, 1.82) is 0 Å². The highest BCUT2D eigenvalue weighted by Crippen LogP contribution is 2.29. The van der Waals surface area contributed by atoms with Gasteiger partial charge in [0.15, 0.2) is 5.78 Å². The van der Waals surface area contributed by atoms with Crippen molar-refractivity contribution >= 4 is 29.1 Å². The van der Waals surface area contributed by atoms with E-state index < -0.39 is 0 Å². The van der Waals surface area contributed by atoms with Crippen molar-refractivity contribution in [2.24, 2.45) is 0 Å². The van der Waals surface area contributed by atoms with Gasteiger partial charge in [-0.1, -0.05) is 41.4 Å². The molecule has 1 unspecified atom stereocenters. The van der Waals surface area contributed by atoms with Crippen LogP contribution in [0.25, 0.3) is 0 Å². The van der Waals surface area contributed by atoms with Gasteiger partial charge in [-0.2, -0.15) is 0 Å². The molecule has 1 atom stereocenters. The molecule has 2 aromatic carbocycles. The summed E-state index contributed by atoms with van der Waals surface area (Å²) >= 11 is 7.54. The van der Waals surface area contributed by atoms with Crippen molar-refractivity contribution in [2.45, 2.75) is 30.9 Å². The minimum Gasteiger partial charge on any atom is -0.293 e. The molecule has 2 rings (SSSR count). The van der Waals surface area contributed by atoms with Gasteiger partial charge in [0.1, 0.15) is 0 Å². The Morgan fingerprint density at radius 2 is 1.90 bits per heavy atom. The first kappa shape index (κ1) is 15.1. The molecule has 0 spiro atoms. The zero-order valence-corrected chi connectivity index (χ0v) is 13.4. The second-order valence-corrected chi connectivity index (χ2v) is 6.72. The van der Waals surface area contributed by atoms with Gasteiger partial charge in [-0.3, -0.25) is 4.79 Å². The summed E-state index contributed by atoms with van der Waals surface area (Å²) in [6.45, 7) is 6.07. The predicted octanol–water partition coefficient (Wildman–Crippen LogP) is 5.32. The van der Waals surface area contributed by atoms with Gasteiger partial charge < -0.3 is 0 Å². The highest BCUT2D eigenvalue weighted by atomic mass is 35.5. The van der Waals surface area contributed by atoms with Crippen LogP contribution in [0.3, 0.4) is 0 Å². The van der Waals surface area contributed by atoms with Gasteiger partial charge >= 0.3 is 0 Å². The van der Waals surface area contributed by atoms with Crippen molar-refractivity contribution in [3.63, 3.8) is 0 Å². The molecule has 0 aromatic heterocycles. The third-order valence-corrected chi connectivity index (χ3v) is 4.62. The fourth-order valence-corrected chi connectivity index (χ4v) is 3.28. The van der Waals surface area contributed by atoms with E-state index in [4.69, 9.17) is 11.6 Å². The Morgan fingerprint density at radius 1 is 1.15 bits per heavy atom. The van der Waals surface area contributed by atoms with E-state index in [1.807, 2.05) is 19.1 Å². The average molecular weight is 305 g/mol. The molecule has 0 bridgehead atoms. The summed E-state index contributed by atoms with van der Waals surface area (Å²) in [7, 11) is 0. The lowest BCUT2D eigenvalue weighted by Crippen LogP contribution is -2.13. The van der Waals surface area contributed by atoms with E-state index in [0.717, 1.165) is 4.90 Å². The topological polar surface area (TPSA) is 17.1 Å². The van der Waals surface area contributed by atoms with Crippen molar-refractivity contribution in [1.82, 2.24) is 0 Å². The van der Waals surface area contributed by atoms with E-state index in [-0.39, 0.29) is 11.0 Å². The van der Waals surface area contributed by atoms with Crippen molar-refractivity contribution in [3.05, 3.63) is 64.2 Å². The lowest BCUT2D eigenvalue weighted by Gasteiger charge is -2.13. The van der Waals surface area contributed by atoms with Crippen molar-refractivity contribution < 1.29 is 4.79 Å². The number of thioether (sulfide) groups is 1. The predicted molar refractivity (Wildman–Crippen MR) is 87.0 cm³/mol. The number of benzene rings is 2. The highest BCUT2D eigenvalue weighted by Gasteiger charge is 2.17. The van der Waals surface area contributed by atoms with E-state index in [1.54, 1.807) is 23.9 Å². The lowest BCUT2D eigenvalue weighted by atomic mass is 10.1. The zero-order chi connectivity index (χ0) is 14.7. The second kappa shape index (κ2) is 6.47. The molecule has 0 amide bonds. The molecule has 20 heavy (non-hydrogen) atoms. The van der Waals surface area contributed by atoms with Crippen LogP contribution in [0.4, 0.5) is 0 Å². The minimum absolute atomic E-state index is 0.110. The lowest BCUT2D eigenvalue weighted by molar-refractivity contribution is 0.0994. The smallest absolute Gasteiger partial charge is 0.175 e. The maximum absolute atomic E-state index is 12.4. The normalized spacial score (nSPS) is 12.2. The molecule has 2 aromatic rings. The Bertz CT molecular complexity index is 637. The molecule has 0 aliphatic carbocycles.